The van der Waals surface area contributed by atoms with Gasteiger partial charge in [0.25, 0.3) is 0 Å². The second kappa shape index (κ2) is 8.91. The average Bonchev–Trinajstić information content (AvgIpc) is 3.28. The van der Waals surface area contributed by atoms with E-state index in [1.807, 2.05) is 0 Å². The molecule has 0 amide bonds. The number of likely N-dealkylation sites (N-methyl/N-ethyl adjacent to an activating group) is 1. The summed E-state index contributed by atoms with van der Waals surface area (Å²) in [5, 5.41) is 12.9. The van der Waals surface area contributed by atoms with Crippen molar-refractivity contribution in [3.63, 3.8) is 0 Å². The Kier molecular flexibility index (Phi) is 5.64. The van der Waals surface area contributed by atoms with Crippen LogP contribution >= 0.6 is 0 Å². The minimum absolute atomic E-state index is 0.221. The van der Waals surface area contributed by atoms with Crippen LogP contribution in [0.15, 0.2) is 41.6 Å². The molecule has 1 saturated heterocycles. The average molecular weight is 515 g/mol. The Labute approximate surface area is 218 Å². The lowest BCUT2D eigenvalue weighted by atomic mass is 9.97. The summed E-state index contributed by atoms with van der Waals surface area (Å²) < 4.78 is 16.3. The molecule has 4 aromatic rings. The summed E-state index contributed by atoms with van der Waals surface area (Å²) in [7, 11) is 5.53. The zero-order chi connectivity index (χ0) is 26.7. The largest absolute Gasteiger partial charge is 0.477 e. The van der Waals surface area contributed by atoms with Gasteiger partial charge in [0.1, 0.15) is 17.0 Å². The number of hydrogen-bond acceptors (Lipinski definition) is 7. The Morgan fingerprint density at radius 3 is 2.53 bits per heavy atom. The number of pyridine rings is 3. The Bertz CT molecular complexity index is 1690. The lowest BCUT2D eigenvalue weighted by molar-refractivity contribution is 0.0695. The summed E-state index contributed by atoms with van der Waals surface area (Å²) in [5.41, 5.74) is 6.17. The van der Waals surface area contributed by atoms with Crippen LogP contribution in [0.25, 0.3) is 33.3 Å². The number of rotatable bonds is 4. The van der Waals surface area contributed by atoms with Gasteiger partial charge in [-0.15, -0.1) is 0 Å². The highest BCUT2D eigenvalue weighted by Crippen LogP contribution is 2.48. The first-order valence-electron chi connectivity index (χ1n) is 12.5. The number of carboxylic acids is 1. The molecule has 194 valence electrons. The molecule has 0 bridgehead atoms. The molecule has 9 nitrogen and oxygen atoms in total. The fraction of sp³-hybridized carbons (Fsp3) is 0.286. The number of hydrogen-bond donors (Lipinski definition) is 2. The van der Waals surface area contributed by atoms with Gasteiger partial charge < -0.3 is 24.8 Å². The summed E-state index contributed by atoms with van der Waals surface area (Å²) in [6.45, 7) is 3.28. The number of carbonyl (C=O) groups is 1. The molecular formula is C28H27FN6O3. The van der Waals surface area contributed by atoms with E-state index in [2.05, 4.69) is 27.1 Å². The first-order valence-corrected chi connectivity index (χ1v) is 12.5. The molecule has 2 N–H and O–H groups in total. The lowest BCUT2D eigenvalue weighted by Gasteiger charge is -2.36. The number of nitrogens with one attached hydrogen (secondary N) is 1. The molecule has 1 aliphatic heterocycles. The first-order chi connectivity index (χ1) is 18.3. The van der Waals surface area contributed by atoms with Crippen molar-refractivity contribution in [1.82, 2.24) is 19.4 Å². The second-order valence-electron chi connectivity index (χ2n) is 9.92. The number of nitrogens with zero attached hydrogens (tertiary/aromatic N) is 5. The van der Waals surface area contributed by atoms with Gasteiger partial charge >= 0.3 is 5.97 Å². The third-order valence-corrected chi connectivity index (χ3v) is 7.60. The van der Waals surface area contributed by atoms with E-state index in [0.29, 0.717) is 17.6 Å². The number of halogens is 1. The molecule has 0 saturated carbocycles. The van der Waals surface area contributed by atoms with Gasteiger partial charge in [0.2, 0.25) is 5.43 Å². The number of benzene rings is 1. The third kappa shape index (κ3) is 3.71. The van der Waals surface area contributed by atoms with Gasteiger partial charge in [0, 0.05) is 87.7 Å². The van der Waals surface area contributed by atoms with Crippen LogP contribution in [0, 0.1) is 5.82 Å². The smallest absolute Gasteiger partial charge is 0.341 e. The Balaban J connectivity index is 1.62. The van der Waals surface area contributed by atoms with Crippen LogP contribution in [0.5, 0.6) is 0 Å². The second-order valence-corrected chi connectivity index (χ2v) is 9.92. The van der Waals surface area contributed by atoms with Gasteiger partial charge in [-0.05, 0) is 36.4 Å². The van der Waals surface area contributed by atoms with Crippen LogP contribution < -0.4 is 15.6 Å². The van der Waals surface area contributed by atoms with Crippen LogP contribution in [-0.2, 0) is 13.5 Å². The summed E-state index contributed by atoms with van der Waals surface area (Å²) in [6, 6.07) is 4.77. The Hall–Kier alpha value is -4.31. The molecule has 38 heavy (non-hydrogen) atoms. The fourth-order valence-electron chi connectivity index (χ4n) is 5.63. The third-order valence-electron chi connectivity index (χ3n) is 7.60. The van der Waals surface area contributed by atoms with Crippen molar-refractivity contribution >= 4 is 28.4 Å². The molecule has 1 fully saturated rings. The van der Waals surface area contributed by atoms with E-state index < -0.39 is 11.4 Å². The molecule has 1 aliphatic carbocycles. The van der Waals surface area contributed by atoms with Crippen molar-refractivity contribution < 1.29 is 14.3 Å². The summed E-state index contributed by atoms with van der Waals surface area (Å²) in [6.07, 6.45) is 5.35. The maximum absolute atomic E-state index is 14.7. The monoisotopic (exact) mass is 514 g/mol. The predicted molar refractivity (Wildman–Crippen MR) is 145 cm³/mol. The van der Waals surface area contributed by atoms with Crippen molar-refractivity contribution in [3.05, 3.63) is 69.7 Å². The fourth-order valence-corrected chi connectivity index (χ4v) is 5.63. The van der Waals surface area contributed by atoms with E-state index in [-0.39, 0.29) is 16.8 Å². The molecule has 0 spiro atoms. The van der Waals surface area contributed by atoms with E-state index in [1.54, 1.807) is 43.2 Å². The maximum Gasteiger partial charge on any atom is 0.341 e. The van der Waals surface area contributed by atoms with E-state index in [4.69, 9.17) is 4.98 Å². The number of aryl methyl sites for hydroxylation is 1. The molecule has 3 aromatic heterocycles. The van der Waals surface area contributed by atoms with E-state index in [0.717, 1.165) is 65.5 Å². The number of piperazine rings is 1. The number of anilines is 2. The number of aromatic nitrogens is 3. The van der Waals surface area contributed by atoms with Crippen LogP contribution in [-0.4, -0.2) is 70.8 Å². The van der Waals surface area contributed by atoms with Gasteiger partial charge in [0.05, 0.1) is 16.8 Å². The van der Waals surface area contributed by atoms with Crippen LogP contribution in [0.3, 0.4) is 0 Å². The molecule has 0 radical (unpaired) electrons. The Morgan fingerprint density at radius 1 is 1.05 bits per heavy atom. The minimum Gasteiger partial charge on any atom is -0.477 e. The van der Waals surface area contributed by atoms with Crippen LogP contribution in [0.4, 0.5) is 15.8 Å². The normalized spacial score (nSPS) is 15.0. The Morgan fingerprint density at radius 2 is 1.82 bits per heavy atom. The van der Waals surface area contributed by atoms with Crippen LogP contribution in [0.2, 0.25) is 0 Å². The molecule has 6 rings (SSSR count). The highest BCUT2D eigenvalue weighted by molar-refractivity contribution is 5.98. The van der Waals surface area contributed by atoms with E-state index in [1.165, 1.54) is 12.3 Å². The van der Waals surface area contributed by atoms with E-state index >= 15 is 0 Å². The quantitative estimate of drug-likeness (QED) is 0.377. The summed E-state index contributed by atoms with van der Waals surface area (Å²) in [4.78, 5) is 38.7. The summed E-state index contributed by atoms with van der Waals surface area (Å²) >= 11 is 0. The highest BCUT2D eigenvalue weighted by Gasteiger charge is 2.31. The van der Waals surface area contributed by atoms with Crippen LogP contribution in [0.1, 0.15) is 21.6 Å². The molecule has 1 aromatic carbocycles. The van der Waals surface area contributed by atoms with Crippen molar-refractivity contribution in [2.75, 3.05) is 50.5 Å². The molecule has 2 aliphatic rings. The topological polar surface area (TPSA) is 104 Å². The van der Waals surface area contributed by atoms with Gasteiger partial charge in [-0.2, -0.15) is 0 Å². The summed E-state index contributed by atoms with van der Waals surface area (Å²) in [5.74, 6) is -1.61. The zero-order valence-corrected chi connectivity index (χ0v) is 21.4. The number of aromatic carboxylic acids is 1. The molecule has 4 heterocycles. The SMILES string of the molecule is CNc1cc(F)cc2c1Cc1ncc(-c3cnc4c(c3)c(=O)c(C(=O)O)cn4C)c(N3CCN(C)CC3)c1-2. The molecule has 0 unspecified atom stereocenters. The number of carboxylic acid groups (broad SMARTS) is 1. The standard InChI is InChI=1S/C28H27FN6O3/c1-30-22-10-16(29)9-18-17(22)11-23-24(18)25(35-6-4-33(2)5-7-35)20(13-31-23)15-8-19-26(36)21(28(37)38)14-34(3)27(19)32-12-15/h8-10,12-14,30H,4-7,11H2,1-3H3,(H,37,38). The highest BCUT2D eigenvalue weighted by atomic mass is 19.1. The number of fused-ring (bicyclic) bond motifs is 4. The zero-order valence-electron chi connectivity index (χ0n) is 21.4. The maximum atomic E-state index is 14.7. The molecule has 10 heteroatoms. The van der Waals surface area contributed by atoms with Crippen molar-refractivity contribution in [1.29, 1.82) is 0 Å². The van der Waals surface area contributed by atoms with Crippen molar-refractivity contribution in [2.24, 2.45) is 7.05 Å². The van der Waals surface area contributed by atoms with Gasteiger partial charge in [-0.25, -0.2) is 14.2 Å². The molecular weight excluding hydrogens is 487 g/mol. The molecule has 0 atom stereocenters. The van der Waals surface area contributed by atoms with Gasteiger partial charge in [-0.3, -0.25) is 9.78 Å². The first kappa shape index (κ1) is 24.1. The predicted octanol–water partition coefficient (Wildman–Crippen LogP) is 3.20. The van der Waals surface area contributed by atoms with Gasteiger partial charge in [0.15, 0.2) is 0 Å². The van der Waals surface area contributed by atoms with E-state index in [9.17, 15) is 19.1 Å². The minimum atomic E-state index is -1.28. The van der Waals surface area contributed by atoms with Crippen molar-refractivity contribution in [3.8, 4) is 22.3 Å². The van der Waals surface area contributed by atoms with Crippen molar-refractivity contribution in [2.45, 2.75) is 6.42 Å². The van der Waals surface area contributed by atoms with Gasteiger partial charge in [-0.1, -0.05) is 0 Å². The lowest BCUT2D eigenvalue weighted by Crippen LogP contribution is -2.45.